The first-order valence-corrected chi connectivity index (χ1v) is 6.15. The van der Waals surface area contributed by atoms with E-state index in [2.05, 4.69) is 18.2 Å². The van der Waals surface area contributed by atoms with Gasteiger partial charge < -0.3 is 5.11 Å². The topological polar surface area (TPSA) is 37.3 Å². The first-order valence-electron chi connectivity index (χ1n) is 6.15. The summed E-state index contributed by atoms with van der Waals surface area (Å²) in [5.41, 5.74) is 1.32. The van der Waals surface area contributed by atoms with Crippen LogP contribution in [0.15, 0.2) is 42.5 Å². The van der Waals surface area contributed by atoms with Crippen molar-refractivity contribution in [1.29, 1.82) is 0 Å². The Labute approximate surface area is 103 Å². The van der Waals surface area contributed by atoms with Gasteiger partial charge in [-0.15, -0.1) is 0 Å². The lowest BCUT2D eigenvalue weighted by molar-refractivity contribution is -0.141. The van der Waals surface area contributed by atoms with E-state index < -0.39 is 5.97 Å². The minimum absolute atomic E-state index is 0.233. The third kappa shape index (κ3) is 5.34. The van der Waals surface area contributed by atoms with Crippen LogP contribution in [0, 0.1) is 5.92 Å². The molecule has 1 unspecified atom stereocenters. The summed E-state index contributed by atoms with van der Waals surface area (Å²) in [6.07, 6.45) is 7.39. The van der Waals surface area contributed by atoms with Crippen LogP contribution in [0.4, 0.5) is 0 Å². The van der Waals surface area contributed by atoms with E-state index in [0.29, 0.717) is 12.8 Å². The zero-order valence-corrected chi connectivity index (χ0v) is 10.3. The van der Waals surface area contributed by atoms with Gasteiger partial charge in [-0.3, -0.25) is 4.79 Å². The second-order valence-electron chi connectivity index (χ2n) is 4.17. The molecule has 0 aliphatic rings. The SMILES string of the molecule is CCC(CC=CCCc1ccccc1)C(=O)O. The van der Waals surface area contributed by atoms with Gasteiger partial charge >= 0.3 is 5.97 Å². The third-order valence-electron chi connectivity index (χ3n) is 2.87. The lowest BCUT2D eigenvalue weighted by Crippen LogP contribution is -2.11. The van der Waals surface area contributed by atoms with Crippen LogP contribution < -0.4 is 0 Å². The lowest BCUT2D eigenvalue weighted by atomic mass is 10.0. The monoisotopic (exact) mass is 232 g/mol. The van der Waals surface area contributed by atoms with Crippen LogP contribution in [0.5, 0.6) is 0 Å². The molecule has 1 rings (SSSR count). The second-order valence-corrected chi connectivity index (χ2v) is 4.17. The Kier molecular flexibility index (Phi) is 6.08. The van der Waals surface area contributed by atoms with Crippen LogP contribution in [0.2, 0.25) is 0 Å². The summed E-state index contributed by atoms with van der Waals surface area (Å²) in [6, 6.07) is 10.3. The van der Waals surface area contributed by atoms with Crippen LogP contribution >= 0.6 is 0 Å². The Morgan fingerprint density at radius 2 is 2.00 bits per heavy atom. The number of carboxylic acid groups (broad SMARTS) is 1. The molecular formula is C15H20O2. The average Bonchev–Trinajstić information content (AvgIpc) is 2.34. The molecule has 0 radical (unpaired) electrons. The number of hydrogen-bond acceptors (Lipinski definition) is 1. The maximum Gasteiger partial charge on any atom is 0.306 e. The summed E-state index contributed by atoms with van der Waals surface area (Å²) in [7, 11) is 0. The van der Waals surface area contributed by atoms with E-state index in [9.17, 15) is 4.79 Å². The maximum atomic E-state index is 10.8. The minimum atomic E-state index is -0.694. The van der Waals surface area contributed by atoms with Gasteiger partial charge in [0.2, 0.25) is 0 Å². The Balaban J connectivity index is 2.25. The zero-order chi connectivity index (χ0) is 12.5. The van der Waals surface area contributed by atoms with Crippen molar-refractivity contribution in [3.05, 3.63) is 48.0 Å². The fourth-order valence-corrected chi connectivity index (χ4v) is 1.72. The highest BCUT2D eigenvalue weighted by atomic mass is 16.4. The van der Waals surface area contributed by atoms with Crippen molar-refractivity contribution < 1.29 is 9.90 Å². The van der Waals surface area contributed by atoms with Gasteiger partial charge in [0, 0.05) is 0 Å². The first-order chi connectivity index (χ1) is 8.24. The van der Waals surface area contributed by atoms with Crippen molar-refractivity contribution in [2.75, 3.05) is 0 Å². The Bertz CT molecular complexity index is 354. The lowest BCUT2D eigenvalue weighted by Gasteiger charge is -2.04. The summed E-state index contributed by atoms with van der Waals surface area (Å²) >= 11 is 0. The third-order valence-corrected chi connectivity index (χ3v) is 2.87. The van der Waals surface area contributed by atoms with Crippen LogP contribution in [0.25, 0.3) is 0 Å². The highest BCUT2D eigenvalue weighted by Gasteiger charge is 2.11. The van der Waals surface area contributed by atoms with E-state index in [0.717, 1.165) is 12.8 Å². The van der Waals surface area contributed by atoms with Gasteiger partial charge in [-0.1, -0.05) is 49.4 Å². The van der Waals surface area contributed by atoms with Gasteiger partial charge in [-0.2, -0.15) is 0 Å². The molecule has 1 aromatic rings. The number of rotatable bonds is 7. The molecule has 0 saturated carbocycles. The van der Waals surface area contributed by atoms with Crippen LogP contribution in [-0.4, -0.2) is 11.1 Å². The quantitative estimate of drug-likeness (QED) is 0.728. The minimum Gasteiger partial charge on any atom is -0.481 e. The predicted molar refractivity (Wildman–Crippen MR) is 69.9 cm³/mol. The van der Waals surface area contributed by atoms with Crippen molar-refractivity contribution in [3.63, 3.8) is 0 Å². The highest BCUT2D eigenvalue weighted by molar-refractivity contribution is 5.70. The molecule has 0 aliphatic carbocycles. The van der Waals surface area contributed by atoms with E-state index >= 15 is 0 Å². The van der Waals surface area contributed by atoms with Gasteiger partial charge in [-0.05, 0) is 31.2 Å². The molecule has 0 aromatic heterocycles. The molecule has 2 nitrogen and oxygen atoms in total. The molecule has 92 valence electrons. The van der Waals surface area contributed by atoms with Gasteiger partial charge in [0.15, 0.2) is 0 Å². The largest absolute Gasteiger partial charge is 0.481 e. The molecule has 17 heavy (non-hydrogen) atoms. The summed E-state index contributed by atoms with van der Waals surface area (Å²) in [5.74, 6) is -0.928. The van der Waals surface area contributed by atoms with Crippen molar-refractivity contribution in [3.8, 4) is 0 Å². The summed E-state index contributed by atoms with van der Waals surface area (Å²) < 4.78 is 0. The standard InChI is InChI=1S/C15H20O2/c1-2-14(15(16)17)12-8-4-7-11-13-9-5-3-6-10-13/h3-6,8-10,14H,2,7,11-12H2,1H3,(H,16,17). The van der Waals surface area contributed by atoms with Gasteiger partial charge in [-0.25, -0.2) is 0 Å². The van der Waals surface area contributed by atoms with Gasteiger partial charge in [0.05, 0.1) is 5.92 Å². The molecule has 0 fully saturated rings. The molecule has 0 aliphatic heterocycles. The Morgan fingerprint density at radius 1 is 1.29 bits per heavy atom. The fraction of sp³-hybridized carbons (Fsp3) is 0.400. The number of allylic oxidation sites excluding steroid dienone is 2. The Morgan fingerprint density at radius 3 is 2.59 bits per heavy atom. The van der Waals surface area contributed by atoms with E-state index in [4.69, 9.17) is 5.11 Å². The molecule has 2 heteroatoms. The van der Waals surface area contributed by atoms with E-state index in [1.54, 1.807) is 0 Å². The maximum absolute atomic E-state index is 10.8. The summed E-state index contributed by atoms with van der Waals surface area (Å²) in [6.45, 7) is 1.91. The number of aliphatic carboxylic acids is 1. The zero-order valence-electron chi connectivity index (χ0n) is 10.3. The molecule has 0 amide bonds. The molecular weight excluding hydrogens is 212 g/mol. The summed E-state index contributed by atoms with van der Waals surface area (Å²) in [4.78, 5) is 10.8. The predicted octanol–water partition coefficient (Wildman–Crippen LogP) is 3.68. The van der Waals surface area contributed by atoms with Crippen LogP contribution in [-0.2, 0) is 11.2 Å². The van der Waals surface area contributed by atoms with E-state index in [1.165, 1.54) is 5.56 Å². The summed E-state index contributed by atoms with van der Waals surface area (Å²) in [5, 5.41) is 8.87. The van der Waals surface area contributed by atoms with Gasteiger partial charge in [0.25, 0.3) is 0 Å². The molecule has 0 saturated heterocycles. The molecule has 1 atom stereocenters. The molecule has 1 aromatic carbocycles. The number of benzene rings is 1. The fourth-order valence-electron chi connectivity index (χ4n) is 1.72. The number of carboxylic acids is 1. The first kappa shape index (κ1) is 13.5. The van der Waals surface area contributed by atoms with Crippen LogP contribution in [0.3, 0.4) is 0 Å². The highest BCUT2D eigenvalue weighted by Crippen LogP contribution is 2.10. The molecule has 0 spiro atoms. The number of hydrogen-bond donors (Lipinski definition) is 1. The van der Waals surface area contributed by atoms with Crippen molar-refractivity contribution in [1.82, 2.24) is 0 Å². The molecule has 0 heterocycles. The van der Waals surface area contributed by atoms with Crippen molar-refractivity contribution in [2.24, 2.45) is 5.92 Å². The number of carbonyl (C=O) groups is 1. The number of aryl methyl sites for hydroxylation is 1. The average molecular weight is 232 g/mol. The van der Waals surface area contributed by atoms with Crippen molar-refractivity contribution >= 4 is 5.97 Å². The van der Waals surface area contributed by atoms with Gasteiger partial charge in [0.1, 0.15) is 0 Å². The van der Waals surface area contributed by atoms with E-state index in [1.807, 2.05) is 31.2 Å². The molecule has 0 bridgehead atoms. The van der Waals surface area contributed by atoms with Crippen molar-refractivity contribution in [2.45, 2.75) is 32.6 Å². The van der Waals surface area contributed by atoms with E-state index in [-0.39, 0.29) is 5.92 Å². The normalized spacial score (nSPS) is 12.8. The van der Waals surface area contributed by atoms with Crippen LogP contribution in [0.1, 0.15) is 31.7 Å². The smallest absolute Gasteiger partial charge is 0.306 e. The molecule has 1 N–H and O–H groups in total. The Hall–Kier alpha value is -1.57. The second kappa shape index (κ2) is 7.66.